The van der Waals surface area contributed by atoms with Crippen molar-refractivity contribution >= 4 is 22.6 Å². The first-order valence-corrected chi connectivity index (χ1v) is 13.3. The molecule has 0 aromatic heterocycles. The first kappa shape index (κ1) is 25.6. The van der Waals surface area contributed by atoms with Crippen LogP contribution in [0.4, 0.5) is 10.5 Å². The molecule has 6 heteroatoms. The molecular formula is C31H37NO5. The molecule has 0 radical (unpaired) electrons. The van der Waals surface area contributed by atoms with Gasteiger partial charge < -0.3 is 18.9 Å². The highest BCUT2D eigenvalue weighted by Gasteiger charge is 2.34. The molecule has 2 atom stereocenters. The van der Waals surface area contributed by atoms with Gasteiger partial charge in [-0.3, -0.25) is 4.90 Å². The summed E-state index contributed by atoms with van der Waals surface area (Å²) in [5.74, 6) is 0.885. The molecule has 3 aromatic rings. The van der Waals surface area contributed by atoms with E-state index in [-0.39, 0.29) is 18.3 Å². The van der Waals surface area contributed by atoms with Gasteiger partial charge in [0.15, 0.2) is 6.29 Å². The molecular weight excluding hydrogens is 466 g/mol. The van der Waals surface area contributed by atoms with E-state index < -0.39 is 5.60 Å². The highest BCUT2D eigenvalue weighted by Crippen LogP contribution is 2.45. The molecule has 2 aliphatic heterocycles. The van der Waals surface area contributed by atoms with Crippen LogP contribution in [0, 0.1) is 0 Å². The van der Waals surface area contributed by atoms with Crippen molar-refractivity contribution in [1.82, 2.24) is 0 Å². The first-order valence-electron chi connectivity index (χ1n) is 13.3. The lowest BCUT2D eigenvalue weighted by Crippen LogP contribution is -2.41. The fourth-order valence-electron chi connectivity index (χ4n) is 5.15. The Labute approximate surface area is 219 Å². The molecule has 2 heterocycles. The molecule has 2 unspecified atom stereocenters. The van der Waals surface area contributed by atoms with Gasteiger partial charge in [-0.05, 0) is 63.0 Å². The number of hydrogen-bond donors (Lipinski definition) is 0. The van der Waals surface area contributed by atoms with E-state index in [2.05, 4.69) is 12.1 Å². The van der Waals surface area contributed by atoms with E-state index in [0.717, 1.165) is 65.6 Å². The van der Waals surface area contributed by atoms with Gasteiger partial charge in [0, 0.05) is 30.5 Å². The zero-order valence-corrected chi connectivity index (χ0v) is 22.1. The Morgan fingerprint density at radius 1 is 1.00 bits per heavy atom. The molecule has 1 saturated heterocycles. The normalized spacial score (nSPS) is 19.9. The van der Waals surface area contributed by atoms with Crippen LogP contribution in [-0.4, -0.2) is 37.7 Å². The van der Waals surface area contributed by atoms with Crippen LogP contribution in [0.3, 0.4) is 0 Å². The van der Waals surface area contributed by atoms with Gasteiger partial charge in [0.05, 0.1) is 12.3 Å². The standard InChI is InChI=1S/C31H37NO5/c1-31(2,3)37-30(33)32-17-16-23(21-36-28-15-9-10-18-34-28)29-25-14-8-7-13-24(25)27(19-26(29)32)35-20-22-11-5-4-6-12-22/h4-8,11-14,19,23,28H,9-10,15-18,20-21H2,1-3H3. The Morgan fingerprint density at radius 3 is 2.49 bits per heavy atom. The number of carbonyl (C=O) groups excluding carboxylic acids is 1. The number of amides is 1. The third kappa shape index (κ3) is 6.08. The highest BCUT2D eigenvalue weighted by molar-refractivity contribution is 6.00. The molecule has 3 aromatic carbocycles. The molecule has 0 bridgehead atoms. The molecule has 6 nitrogen and oxygen atoms in total. The summed E-state index contributed by atoms with van der Waals surface area (Å²) in [4.78, 5) is 15.1. The lowest BCUT2D eigenvalue weighted by Gasteiger charge is -2.37. The molecule has 1 amide bonds. The zero-order valence-electron chi connectivity index (χ0n) is 22.1. The van der Waals surface area contributed by atoms with Crippen LogP contribution in [0.1, 0.15) is 63.5 Å². The van der Waals surface area contributed by atoms with Gasteiger partial charge in [-0.15, -0.1) is 0 Å². The Morgan fingerprint density at radius 2 is 1.76 bits per heavy atom. The van der Waals surface area contributed by atoms with E-state index in [1.165, 1.54) is 0 Å². The summed E-state index contributed by atoms with van der Waals surface area (Å²) in [6.07, 6.45) is 3.44. The Hall–Kier alpha value is -3.09. The average Bonchev–Trinajstić information content (AvgIpc) is 2.90. The predicted octanol–water partition coefficient (Wildman–Crippen LogP) is 7.19. The molecule has 0 aliphatic carbocycles. The van der Waals surface area contributed by atoms with Crippen molar-refractivity contribution in [2.45, 2.75) is 70.9 Å². The van der Waals surface area contributed by atoms with Crippen LogP contribution in [0.15, 0.2) is 60.7 Å². The highest BCUT2D eigenvalue weighted by atomic mass is 16.7. The van der Waals surface area contributed by atoms with Crippen molar-refractivity contribution in [1.29, 1.82) is 0 Å². The quantitative estimate of drug-likeness (QED) is 0.356. The molecule has 196 valence electrons. The van der Waals surface area contributed by atoms with Gasteiger partial charge in [0.25, 0.3) is 0 Å². The maximum Gasteiger partial charge on any atom is 0.414 e. The Kier molecular flexibility index (Phi) is 7.68. The van der Waals surface area contributed by atoms with Gasteiger partial charge in [-0.1, -0.05) is 54.6 Å². The van der Waals surface area contributed by atoms with E-state index in [4.69, 9.17) is 18.9 Å². The summed E-state index contributed by atoms with van der Waals surface area (Å²) in [5.41, 5.74) is 2.45. The fourth-order valence-corrected chi connectivity index (χ4v) is 5.15. The monoisotopic (exact) mass is 503 g/mol. The van der Waals surface area contributed by atoms with Crippen molar-refractivity contribution in [3.63, 3.8) is 0 Å². The SMILES string of the molecule is CC(C)(C)OC(=O)N1CCC(COC2CCCCO2)c2c1cc(OCc1ccccc1)c1ccccc21. The Balaban J connectivity index is 1.52. The van der Waals surface area contributed by atoms with Crippen LogP contribution in [0.2, 0.25) is 0 Å². The lowest BCUT2D eigenvalue weighted by atomic mass is 9.86. The number of rotatable bonds is 6. The van der Waals surface area contributed by atoms with Gasteiger partial charge in [0.2, 0.25) is 0 Å². The first-order chi connectivity index (χ1) is 17.9. The average molecular weight is 504 g/mol. The minimum atomic E-state index is -0.584. The topological polar surface area (TPSA) is 57.2 Å². The maximum atomic E-state index is 13.3. The number of carbonyl (C=O) groups is 1. The van der Waals surface area contributed by atoms with E-state index in [1.807, 2.05) is 69.3 Å². The molecule has 2 aliphatic rings. The summed E-state index contributed by atoms with van der Waals surface area (Å²) in [6.45, 7) is 7.99. The number of fused-ring (bicyclic) bond motifs is 3. The Bertz CT molecular complexity index is 1210. The van der Waals surface area contributed by atoms with Crippen LogP contribution in [0.25, 0.3) is 10.8 Å². The molecule has 0 N–H and O–H groups in total. The second-order valence-corrected chi connectivity index (χ2v) is 10.9. The predicted molar refractivity (Wildman–Crippen MR) is 145 cm³/mol. The molecule has 0 spiro atoms. The molecule has 5 rings (SSSR count). The molecule has 1 fully saturated rings. The summed E-state index contributed by atoms with van der Waals surface area (Å²) >= 11 is 0. The number of nitrogens with zero attached hydrogens (tertiary/aromatic N) is 1. The van der Waals surface area contributed by atoms with Gasteiger partial charge in [-0.25, -0.2) is 4.79 Å². The number of ether oxygens (including phenoxy) is 4. The van der Waals surface area contributed by atoms with Crippen LogP contribution < -0.4 is 9.64 Å². The lowest BCUT2D eigenvalue weighted by molar-refractivity contribution is -0.165. The van der Waals surface area contributed by atoms with Crippen molar-refractivity contribution in [2.24, 2.45) is 0 Å². The summed E-state index contributed by atoms with van der Waals surface area (Å²) in [5, 5.41) is 2.11. The summed E-state index contributed by atoms with van der Waals surface area (Å²) in [7, 11) is 0. The molecule has 37 heavy (non-hydrogen) atoms. The minimum Gasteiger partial charge on any atom is -0.488 e. The van der Waals surface area contributed by atoms with Crippen LogP contribution in [-0.2, 0) is 20.8 Å². The van der Waals surface area contributed by atoms with Crippen molar-refractivity contribution in [2.75, 3.05) is 24.7 Å². The minimum absolute atomic E-state index is 0.132. The smallest absolute Gasteiger partial charge is 0.414 e. The van der Waals surface area contributed by atoms with Crippen molar-refractivity contribution in [3.05, 3.63) is 71.8 Å². The van der Waals surface area contributed by atoms with E-state index in [1.54, 1.807) is 4.90 Å². The largest absolute Gasteiger partial charge is 0.488 e. The number of hydrogen-bond acceptors (Lipinski definition) is 5. The van der Waals surface area contributed by atoms with Gasteiger partial charge in [0.1, 0.15) is 18.0 Å². The number of benzene rings is 3. The summed E-state index contributed by atoms with van der Waals surface area (Å²) < 4.78 is 24.2. The third-order valence-corrected chi connectivity index (χ3v) is 6.90. The second kappa shape index (κ2) is 11.1. The third-order valence-electron chi connectivity index (χ3n) is 6.90. The van der Waals surface area contributed by atoms with Gasteiger partial charge >= 0.3 is 6.09 Å². The summed E-state index contributed by atoms with van der Waals surface area (Å²) in [6, 6.07) is 20.4. The second-order valence-electron chi connectivity index (χ2n) is 10.9. The zero-order chi connectivity index (χ0) is 25.8. The molecule has 0 saturated carbocycles. The van der Waals surface area contributed by atoms with Crippen molar-refractivity contribution < 1.29 is 23.7 Å². The van der Waals surface area contributed by atoms with Gasteiger partial charge in [-0.2, -0.15) is 0 Å². The number of anilines is 1. The van der Waals surface area contributed by atoms with Crippen LogP contribution >= 0.6 is 0 Å². The fraction of sp³-hybridized carbons (Fsp3) is 0.452. The van der Waals surface area contributed by atoms with Crippen LogP contribution in [0.5, 0.6) is 5.75 Å². The van der Waals surface area contributed by atoms with E-state index in [9.17, 15) is 4.79 Å². The van der Waals surface area contributed by atoms with E-state index in [0.29, 0.717) is 19.8 Å². The van der Waals surface area contributed by atoms with E-state index >= 15 is 0 Å². The maximum absolute atomic E-state index is 13.3. The van der Waals surface area contributed by atoms with Crippen molar-refractivity contribution in [3.8, 4) is 5.75 Å².